The molecule has 0 amide bonds. The zero-order valence-corrected chi connectivity index (χ0v) is 10.8. The normalized spacial score (nSPS) is 15.0. The lowest BCUT2D eigenvalue weighted by Gasteiger charge is -2.09. The average Bonchev–Trinajstić information content (AvgIpc) is 2.17. The second-order valence-electron chi connectivity index (χ2n) is 3.50. The van der Waals surface area contributed by atoms with Crippen molar-refractivity contribution < 1.29 is 13.5 Å². The fourth-order valence-electron chi connectivity index (χ4n) is 1.16. The summed E-state index contributed by atoms with van der Waals surface area (Å²) in [5.74, 6) is 0. The van der Waals surface area contributed by atoms with Crippen LogP contribution in [0.5, 0.6) is 0 Å². The summed E-state index contributed by atoms with van der Waals surface area (Å²) in [4.78, 5) is 0.113. The highest BCUT2D eigenvalue weighted by Crippen LogP contribution is 2.17. The monoisotopic (exact) mass is 265 g/mol. The maximum atomic E-state index is 11.5. The van der Waals surface area contributed by atoms with Crippen molar-refractivity contribution in [3.63, 3.8) is 0 Å². The Hall–Kier alpha value is -0.620. The second kappa shape index (κ2) is 5.63. The molecule has 2 unspecified atom stereocenters. The predicted molar refractivity (Wildman–Crippen MR) is 65.2 cm³/mol. The van der Waals surface area contributed by atoms with Gasteiger partial charge < -0.3 is 10.8 Å². The highest BCUT2D eigenvalue weighted by molar-refractivity contribution is 7.91. The number of aliphatic hydroxyl groups excluding tert-OH is 1. The van der Waals surface area contributed by atoms with E-state index in [9.17, 15) is 8.42 Å². The summed E-state index contributed by atoms with van der Waals surface area (Å²) < 4.78 is 23.1. The van der Waals surface area contributed by atoms with Gasteiger partial charge in [-0.2, -0.15) is 0 Å². The van der Waals surface area contributed by atoms with Crippen LogP contribution in [0.2, 0.25) is 0 Å². The quantitative estimate of drug-likeness (QED) is 0.862. The van der Waals surface area contributed by atoms with Crippen molar-refractivity contribution in [3.8, 4) is 0 Å². The van der Waals surface area contributed by atoms with Gasteiger partial charge in [0.25, 0.3) is 0 Å². The van der Waals surface area contributed by atoms with Crippen LogP contribution in [0, 0.1) is 0 Å². The number of halogens is 1. The highest BCUT2D eigenvalue weighted by Gasteiger charge is 2.20. The molecule has 1 aromatic rings. The van der Waals surface area contributed by atoms with Gasteiger partial charge in [-0.05, 0) is 31.5 Å². The Morgan fingerprint density at radius 2 is 1.62 bits per heavy atom. The predicted octanol–water partition coefficient (Wildman–Crippen LogP) is 1.24. The molecule has 0 spiro atoms. The van der Waals surface area contributed by atoms with Crippen LogP contribution in [0.3, 0.4) is 0 Å². The van der Waals surface area contributed by atoms with Crippen molar-refractivity contribution >= 4 is 22.2 Å². The van der Waals surface area contributed by atoms with Crippen molar-refractivity contribution in [2.75, 3.05) is 0 Å². The molecule has 0 saturated carbocycles. The van der Waals surface area contributed by atoms with Gasteiger partial charge in [0.2, 0.25) is 9.84 Å². The zero-order chi connectivity index (χ0) is 11.6. The third kappa shape index (κ3) is 3.18. The van der Waals surface area contributed by atoms with Gasteiger partial charge in [0.15, 0.2) is 5.44 Å². The third-order valence-electron chi connectivity index (χ3n) is 2.18. The Morgan fingerprint density at radius 3 is 1.94 bits per heavy atom. The van der Waals surface area contributed by atoms with Crippen LogP contribution in [0.25, 0.3) is 0 Å². The number of sulfone groups is 1. The van der Waals surface area contributed by atoms with Gasteiger partial charge >= 0.3 is 0 Å². The van der Waals surface area contributed by atoms with E-state index in [1.807, 2.05) is 6.92 Å². The van der Waals surface area contributed by atoms with Gasteiger partial charge in [0, 0.05) is 6.04 Å². The Morgan fingerprint density at radius 1 is 1.19 bits per heavy atom. The first kappa shape index (κ1) is 15.4. The van der Waals surface area contributed by atoms with Gasteiger partial charge in [-0.1, -0.05) is 12.1 Å². The average molecular weight is 266 g/mol. The standard InChI is InChI=1S/C10H15NO3S.ClH/c1-7(11)9-3-5-10(6-4-9)15(13,14)8(2)12;/h3-8,12H,11H2,1-2H3;1H. The molecule has 0 fully saturated rings. The molecular weight excluding hydrogens is 250 g/mol. The van der Waals surface area contributed by atoms with E-state index >= 15 is 0 Å². The molecule has 0 aliphatic heterocycles. The van der Waals surface area contributed by atoms with E-state index in [1.54, 1.807) is 12.1 Å². The second-order valence-corrected chi connectivity index (χ2v) is 5.75. The van der Waals surface area contributed by atoms with Crippen molar-refractivity contribution in [2.24, 2.45) is 5.73 Å². The molecule has 2 atom stereocenters. The van der Waals surface area contributed by atoms with E-state index in [0.717, 1.165) is 5.56 Å². The molecule has 0 bridgehead atoms. The van der Waals surface area contributed by atoms with Crippen LogP contribution < -0.4 is 5.73 Å². The molecule has 1 rings (SSSR count). The van der Waals surface area contributed by atoms with Gasteiger partial charge in [-0.25, -0.2) is 8.42 Å². The van der Waals surface area contributed by atoms with E-state index in [4.69, 9.17) is 10.8 Å². The highest BCUT2D eigenvalue weighted by atomic mass is 35.5. The van der Waals surface area contributed by atoms with E-state index in [0.29, 0.717) is 0 Å². The summed E-state index contributed by atoms with van der Waals surface area (Å²) in [5.41, 5.74) is 5.10. The van der Waals surface area contributed by atoms with Crippen molar-refractivity contribution in [3.05, 3.63) is 29.8 Å². The summed E-state index contributed by atoms with van der Waals surface area (Å²) in [7, 11) is -3.60. The summed E-state index contributed by atoms with van der Waals surface area (Å²) in [6, 6.07) is 6.09. The van der Waals surface area contributed by atoms with Gasteiger partial charge in [-0.3, -0.25) is 0 Å². The minimum absolute atomic E-state index is 0. The van der Waals surface area contributed by atoms with Crippen LogP contribution in [-0.4, -0.2) is 19.0 Å². The Labute approximate surface area is 102 Å². The van der Waals surface area contributed by atoms with Crippen molar-refractivity contribution in [1.29, 1.82) is 0 Å². The number of hydrogen-bond donors (Lipinski definition) is 2. The summed E-state index contributed by atoms with van der Waals surface area (Å²) >= 11 is 0. The lowest BCUT2D eigenvalue weighted by atomic mass is 10.1. The fourth-order valence-corrected chi connectivity index (χ4v) is 2.07. The van der Waals surface area contributed by atoms with Crippen LogP contribution >= 0.6 is 12.4 Å². The van der Waals surface area contributed by atoms with Crippen LogP contribution in [0.4, 0.5) is 0 Å². The topological polar surface area (TPSA) is 80.4 Å². The summed E-state index contributed by atoms with van der Waals surface area (Å²) in [5, 5.41) is 9.10. The van der Waals surface area contributed by atoms with Crippen molar-refractivity contribution in [1.82, 2.24) is 0 Å². The molecule has 0 radical (unpaired) electrons. The lowest BCUT2D eigenvalue weighted by molar-refractivity contribution is 0.268. The van der Waals surface area contributed by atoms with E-state index in [-0.39, 0.29) is 23.3 Å². The first-order chi connectivity index (χ1) is 6.85. The molecular formula is C10H16ClNO3S. The Balaban J connectivity index is 0.00000225. The van der Waals surface area contributed by atoms with E-state index in [2.05, 4.69) is 0 Å². The maximum absolute atomic E-state index is 11.5. The third-order valence-corrected chi connectivity index (χ3v) is 4.01. The maximum Gasteiger partial charge on any atom is 0.204 e. The van der Waals surface area contributed by atoms with Crippen molar-refractivity contribution in [2.45, 2.75) is 30.2 Å². The van der Waals surface area contributed by atoms with E-state index < -0.39 is 15.3 Å². The molecule has 0 saturated heterocycles. The molecule has 0 aromatic heterocycles. The van der Waals surface area contributed by atoms with Gasteiger partial charge in [0.1, 0.15) is 0 Å². The molecule has 6 heteroatoms. The number of benzene rings is 1. The molecule has 4 nitrogen and oxygen atoms in total. The molecule has 0 aliphatic carbocycles. The number of aliphatic hydroxyl groups is 1. The number of nitrogens with two attached hydrogens (primary N) is 1. The Bertz CT molecular complexity index is 426. The Kier molecular flexibility index (Phi) is 5.41. The first-order valence-corrected chi connectivity index (χ1v) is 6.18. The van der Waals surface area contributed by atoms with Gasteiger partial charge in [-0.15, -0.1) is 12.4 Å². The van der Waals surface area contributed by atoms with Crippen LogP contribution in [0.1, 0.15) is 25.5 Å². The molecule has 1 aromatic carbocycles. The zero-order valence-electron chi connectivity index (χ0n) is 9.12. The van der Waals surface area contributed by atoms with E-state index in [1.165, 1.54) is 19.1 Å². The van der Waals surface area contributed by atoms with Crippen LogP contribution in [0.15, 0.2) is 29.2 Å². The molecule has 3 N–H and O–H groups in total. The SMILES string of the molecule is CC(N)c1ccc(S(=O)(=O)C(C)O)cc1.Cl. The molecule has 0 heterocycles. The molecule has 92 valence electrons. The minimum Gasteiger partial charge on any atom is -0.377 e. The molecule has 0 aliphatic rings. The summed E-state index contributed by atoms with van der Waals surface area (Å²) in [6.07, 6.45) is 0. The first-order valence-electron chi connectivity index (χ1n) is 4.63. The largest absolute Gasteiger partial charge is 0.377 e. The number of hydrogen-bond acceptors (Lipinski definition) is 4. The smallest absolute Gasteiger partial charge is 0.204 e. The lowest BCUT2D eigenvalue weighted by Crippen LogP contribution is -2.17. The fraction of sp³-hybridized carbons (Fsp3) is 0.400. The minimum atomic E-state index is -3.60. The van der Waals surface area contributed by atoms with Gasteiger partial charge in [0.05, 0.1) is 4.90 Å². The summed E-state index contributed by atoms with van der Waals surface area (Å²) in [6.45, 7) is 3.05. The molecule has 16 heavy (non-hydrogen) atoms. The number of rotatable bonds is 3. The van der Waals surface area contributed by atoms with Crippen LogP contribution in [-0.2, 0) is 9.84 Å².